The third-order valence-electron chi connectivity index (χ3n) is 3.71. The molecule has 0 radical (unpaired) electrons. The van der Waals surface area contributed by atoms with Crippen molar-refractivity contribution in [3.63, 3.8) is 0 Å². The minimum Gasteiger partial charge on any atom is -0.496 e. The Morgan fingerprint density at radius 2 is 1.84 bits per heavy atom. The third-order valence-corrected chi connectivity index (χ3v) is 3.95. The van der Waals surface area contributed by atoms with Crippen LogP contribution in [0.5, 0.6) is 5.75 Å². The van der Waals surface area contributed by atoms with Gasteiger partial charge in [0, 0.05) is 22.7 Å². The zero-order valence-corrected chi connectivity index (χ0v) is 14.3. The second kappa shape index (κ2) is 6.86. The van der Waals surface area contributed by atoms with Crippen LogP contribution in [0.15, 0.2) is 36.4 Å². The summed E-state index contributed by atoms with van der Waals surface area (Å²) in [6.07, 6.45) is 2.88. The van der Waals surface area contributed by atoms with Gasteiger partial charge in [-0.2, -0.15) is 0 Å². The first-order valence-corrected chi connectivity index (χ1v) is 7.75. The van der Waals surface area contributed by atoms with Crippen LogP contribution in [0.1, 0.15) is 15.9 Å². The van der Waals surface area contributed by atoms with E-state index in [1.807, 2.05) is 0 Å². The maximum absolute atomic E-state index is 12.4. The van der Waals surface area contributed by atoms with Crippen LogP contribution in [-0.2, 0) is 9.53 Å². The smallest absolute Gasteiger partial charge is 0.330 e. The number of rotatable bonds is 3. The normalized spacial score (nSPS) is 12.5. The van der Waals surface area contributed by atoms with E-state index >= 15 is 0 Å². The molecule has 6 nitrogen and oxygen atoms in total. The lowest BCUT2D eigenvalue weighted by atomic mass is 10.1. The number of nitrogens with one attached hydrogen (secondary N) is 2. The van der Waals surface area contributed by atoms with Crippen LogP contribution in [0.2, 0.25) is 5.02 Å². The number of methoxy groups -OCH3 is 2. The predicted octanol–water partition coefficient (Wildman–Crippen LogP) is 3.84. The maximum atomic E-state index is 12.4. The molecule has 2 N–H and O–H groups in total. The third kappa shape index (κ3) is 3.44. The molecule has 3 rings (SSSR count). The summed E-state index contributed by atoms with van der Waals surface area (Å²) in [5.74, 6) is -0.224. The fraction of sp³-hybridized carbons (Fsp3) is 0.111. The van der Waals surface area contributed by atoms with E-state index in [0.29, 0.717) is 39.0 Å². The number of carbonyl (C=O) groups is 2. The first-order chi connectivity index (χ1) is 12.0. The largest absolute Gasteiger partial charge is 0.496 e. The average Bonchev–Trinajstić information content (AvgIpc) is 2.73. The first kappa shape index (κ1) is 16.9. The van der Waals surface area contributed by atoms with Gasteiger partial charge in [-0.05, 0) is 30.3 Å². The van der Waals surface area contributed by atoms with Crippen molar-refractivity contribution >= 4 is 46.6 Å². The van der Waals surface area contributed by atoms with Gasteiger partial charge in [0.25, 0.3) is 5.91 Å². The number of benzene rings is 2. The number of ether oxygens (including phenoxy) is 2. The van der Waals surface area contributed by atoms with E-state index in [0.717, 1.165) is 0 Å². The van der Waals surface area contributed by atoms with Crippen LogP contribution >= 0.6 is 11.6 Å². The quantitative estimate of drug-likeness (QED) is 0.644. The highest BCUT2D eigenvalue weighted by atomic mass is 35.5. The summed E-state index contributed by atoms with van der Waals surface area (Å²) in [6, 6.07) is 8.44. The summed E-state index contributed by atoms with van der Waals surface area (Å²) in [5.41, 5.74) is 2.94. The van der Waals surface area contributed by atoms with Crippen LogP contribution in [0, 0.1) is 0 Å². The monoisotopic (exact) mass is 358 g/mol. The van der Waals surface area contributed by atoms with E-state index in [9.17, 15) is 9.59 Å². The highest BCUT2D eigenvalue weighted by molar-refractivity contribution is 6.31. The highest BCUT2D eigenvalue weighted by Gasteiger charge is 2.20. The summed E-state index contributed by atoms with van der Waals surface area (Å²) in [7, 11) is 2.82. The molecule has 0 unspecified atom stereocenters. The highest BCUT2D eigenvalue weighted by Crippen LogP contribution is 2.38. The van der Waals surface area contributed by atoms with Gasteiger partial charge in [0.15, 0.2) is 0 Å². The molecule has 0 aromatic heterocycles. The van der Waals surface area contributed by atoms with E-state index in [-0.39, 0.29) is 5.91 Å². The summed E-state index contributed by atoms with van der Waals surface area (Å²) < 4.78 is 9.94. The van der Waals surface area contributed by atoms with Crippen molar-refractivity contribution in [1.29, 1.82) is 0 Å². The minimum absolute atomic E-state index is 0.252. The summed E-state index contributed by atoms with van der Waals surface area (Å²) in [4.78, 5) is 23.7. The molecule has 2 aromatic rings. The van der Waals surface area contributed by atoms with Crippen molar-refractivity contribution in [3.05, 3.63) is 52.6 Å². The average molecular weight is 359 g/mol. The molecule has 1 amide bonds. The van der Waals surface area contributed by atoms with Crippen molar-refractivity contribution in [3.8, 4) is 5.75 Å². The van der Waals surface area contributed by atoms with Gasteiger partial charge in [0.1, 0.15) is 5.75 Å². The molecule has 1 aliphatic heterocycles. The Morgan fingerprint density at radius 1 is 1.08 bits per heavy atom. The van der Waals surface area contributed by atoms with Crippen molar-refractivity contribution in [2.24, 2.45) is 0 Å². The van der Waals surface area contributed by atoms with Crippen LogP contribution < -0.4 is 15.4 Å². The van der Waals surface area contributed by atoms with Gasteiger partial charge < -0.3 is 20.1 Å². The molecule has 0 saturated carbocycles. The van der Waals surface area contributed by atoms with E-state index < -0.39 is 5.97 Å². The van der Waals surface area contributed by atoms with Gasteiger partial charge in [0.2, 0.25) is 0 Å². The Hall–Kier alpha value is -2.99. The Morgan fingerprint density at radius 3 is 2.56 bits per heavy atom. The molecule has 0 bridgehead atoms. The number of hydrogen-bond donors (Lipinski definition) is 2. The molecular weight excluding hydrogens is 344 g/mol. The number of anilines is 3. The fourth-order valence-corrected chi connectivity index (χ4v) is 2.66. The number of hydrogen-bond acceptors (Lipinski definition) is 5. The second-order valence-corrected chi connectivity index (χ2v) is 5.70. The van der Waals surface area contributed by atoms with Crippen LogP contribution in [-0.4, -0.2) is 26.1 Å². The number of halogens is 1. The van der Waals surface area contributed by atoms with Gasteiger partial charge in [-0.3, -0.25) is 4.79 Å². The molecule has 7 heteroatoms. The molecule has 0 atom stereocenters. The summed E-state index contributed by atoms with van der Waals surface area (Å²) >= 11 is 6.03. The lowest BCUT2D eigenvalue weighted by Crippen LogP contribution is -2.10. The molecule has 0 spiro atoms. The predicted molar refractivity (Wildman–Crippen MR) is 96.7 cm³/mol. The molecule has 128 valence electrons. The second-order valence-electron chi connectivity index (χ2n) is 5.27. The van der Waals surface area contributed by atoms with Crippen LogP contribution in [0.3, 0.4) is 0 Å². The Kier molecular flexibility index (Phi) is 4.63. The zero-order chi connectivity index (χ0) is 18.0. The SMILES string of the molecule is COC(=O)/C=C/c1cc2c(cc1OC)NC(=O)c1ccc(Cl)cc1N2. The minimum atomic E-state index is -0.476. The van der Waals surface area contributed by atoms with E-state index in [4.69, 9.17) is 16.3 Å². The van der Waals surface area contributed by atoms with Crippen molar-refractivity contribution < 1.29 is 19.1 Å². The van der Waals surface area contributed by atoms with Gasteiger partial charge in [-0.1, -0.05) is 11.6 Å². The lowest BCUT2D eigenvalue weighted by Gasteiger charge is -2.13. The van der Waals surface area contributed by atoms with Gasteiger partial charge >= 0.3 is 5.97 Å². The molecule has 1 aliphatic rings. The van der Waals surface area contributed by atoms with Crippen LogP contribution in [0.4, 0.5) is 17.1 Å². The Labute approximate surface area is 149 Å². The number of amides is 1. The van der Waals surface area contributed by atoms with E-state index in [2.05, 4.69) is 15.4 Å². The molecular formula is C18H15ClN2O4. The molecule has 0 fully saturated rings. The summed E-state index contributed by atoms with van der Waals surface area (Å²) in [6.45, 7) is 0. The standard InChI is InChI=1S/C18H15ClN2O4/c1-24-16-9-15-14(7-10(16)3-6-17(22)25-2)20-13-8-11(19)4-5-12(13)18(23)21-15/h3-9,20H,1-2H3,(H,21,23)/b6-3+. The molecule has 2 aromatic carbocycles. The Bertz CT molecular complexity index is 893. The van der Waals surface area contributed by atoms with Crippen molar-refractivity contribution in [2.75, 3.05) is 24.9 Å². The maximum Gasteiger partial charge on any atom is 0.330 e. The van der Waals surface area contributed by atoms with Gasteiger partial charge in [-0.15, -0.1) is 0 Å². The molecule has 1 heterocycles. The van der Waals surface area contributed by atoms with Gasteiger partial charge in [-0.25, -0.2) is 4.79 Å². The molecule has 25 heavy (non-hydrogen) atoms. The van der Waals surface area contributed by atoms with Crippen LogP contribution in [0.25, 0.3) is 6.08 Å². The Balaban J connectivity index is 2.08. The van der Waals surface area contributed by atoms with E-state index in [1.54, 1.807) is 36.4 Å². The molecule has 0 saturated heterocycles. The number of fused-ring (bicyclic) bond motifs is 2. The molecule has 0 aliphatic carbocycles. The topological polar surface area (TPSA) is 76.7 Å². The van der Waals surface area contributed by atoms with Gasteiger partial charge in [0.05, 0.1) is 36.8 Å². The summed E-state index contributed by atoms with van der Waals surface area (Å²) in [5, 5.41) is 6.55. The fourth-order valence-electron chi connectivity index (χ4n) is 2.49. The number of carbonyl (C=O) groups excluding carboxylic acids is 2. The van der Waals surface area contributed by atoms with Crippen molar-refractivity contribution in [1.82, 2.24) is 0 Å². The van der Waals surface area contributed by atoms with E-state index in [1.165, 1.54) is 20.3 Å². The lowest BCUT2D eigenvalue weighted by molar-refractivity contribution is -0.134. The zero-order valence-electron chi connectivity index (χ0n) is 13.6. The first-order valence-electron chi connectivity index (χ1n) is 7.38. The van der Waals surface area contributed by atoms with Crippen molar-refractivity contribution in [2.45, 2.75) is 0 Å². The number of esters is 1.